The lowest BCUT2D eigenvalue weighted by Crippen LogP contribution is -2.29. The molecule has 0 aliphatic carbocycles. The Bertz CT molecular complexity index is 1050. The minimum Gasteiger partial charge on any atom is -0.484 e. The van der Waals surface area contributed by atoms with E-state index in [1.54, 1.807) is 13.0 Å². The topological polar surface area (TPSA) is 98.5 Å². The number of ether oxygens (including phenoxy) is 1. The summed E-state index contributed by atoms with van der Waals surface area (Å²) >= 11 is 0. The third kappa shape index (κ3) is 6.49. The highest BCUT2D eigenvalue weighted by atomic mass is 16.6. The smallest absolute Gasteiger partial charge is 0.321 e. The lowest BCUT2D eigenvalue weighted by Gasteiger charge is -2.20. The molecule has 0 fully saturated rings. The van der Waals surface area contributed by atoms with E-state index in [1.165, 1.54) is 12.1 Å². The van der Waals surface area contributed by atoms with Crippen LogP contribution in [0.25, 0.3) is 0 Å². The summed E-state index contributed by atoms with van der Waals surface area (Å²) < 4.78 is 5.72. The number of nitrogens with one attached hydrogen (secondary N) is 1. The van der Waals surface area contributed by atoms with Crippen LogP contribution in [0.2, 0.25) is 0 Å². The van der Waals surface area contributed by atoms with Crippen molar-refractivity contribution in [1.29, 1.82) is 0 Å². The first-order valence-electron chi connectivity index (χ1n) is 10.8. The molecule has 3 aromatic rings. The third-order valence-electron chi connectivity index (χ3n) is 5.25. The number of para-hydroxylation sites is 1. The number of nitro benzene ring substituents is 1. The molecule has 0 radical (unpaired) electrons. The molecule has 7 nitrogen and oxygen atoms in total. The molecule has 0 heterocycles. The average molecular weight is 447 g/mol. The molecule has 0 aliphatic heterocycles. The van der Waals surface area contributed by atoms with Gasteiger partial charge in [-0.3, -0.25) is 19.7 Å². The highest BCUT2D eigenvalue weighted by molar-refractivity contribution is 5.83. The van der Waals surface area contributed by atoms with Crippen molar-refractivity contribution in [2.45, 2.75) is 38.3 Å². The number of carbonyl (C=O) groups is 2. The van der Waals surface area contributed by atoms with E-state index in [4.69, 9.17) is 4.74 Å². The number of amides is 1. The lowest BCUT2D eigenvalue weighted by molar-refractivity contribution is -0.386. The number of nitrogens with zero attached hydrogens (tertiary/aromatic N) is 1. The van der Waals surface area contributed by atoms with E-state index >= 15 is 0 Å². The molecule has 170 valence electrons. The Kier molecular flexibility index (Phi) is 8.30. The normalized spacial score (nSPS) is 11.6. The maximum absolute atomic E-state index is 12.7. The molecule has 1 atom stereocenters. The van der Waals surface area contributed by atoms with Crippen LogP contribution in [0.4, 0.5) is 5.69 Å². The van der Waals surface area contributed by atoms with Crippen LogP contribution in [0.3, 0.4) is 0 Å². The van der Waals surface area contributed by atoms with Crippen molar-refractivity contribution in [3.8, 4) is 5.75 Å². The quantitative estimate of drug-likeness (QED) is 0.246. The van der Waals surface area contributed by atoms with Crippen molar-refractivity contribution in [3.05, 3.63) is 106 Å². The first-order valence-corrected chi connectivity index (χ1v) is 10.8. The molecular formula is C26H26N2O5. The SMILES string of the molecule is CC(CCCC(=O)NC(c1ccccc1)c1ccccc1)Oc1cccc(C=O)c1[N+](=O)[O-]. The minimum atomic E-state index is -0.619. The summed E-state index contributed by atoms with van der Waals surface area (Å²) in [7, 11) is 0. The molecule has 1 amide bonds. The summed E-state index contributed by atoms with van der Waals surface area (Å²) in [5.74, 6) is -0.0383. The number of benzene rings is 3. The molecule has 3 aromatic carbocycles. The highest BCUT2D eigenvalue weighted by Crippen LogP contribution is 2.31. The average Bonchev–Trinajstić information content (AvgIpc) is 2.83. The summed E-state index contributed by atoms with van der Waals surface area (Å²) in [5, 5.41) is 14.4. The van der Waals surface area contributed by atoms with Gasteiger partial charge in [0.2, 0.25) is 5.91 Å². The molecular weight excluding hydrogens is 420 g/mol. The molecule has 0 spiro atoms. The van der Waals surface area contributed by atoms with Crippen molar-refractivity contribution in [3.63, 3.8) is 0 Å². The Hall–Kier alpha value is -4.00. The maximum atomic E-state index is 12.7. The predicted molar refractivity (Wildman–Crippen MR) is 125 cm³/mol. The van der Waals surface area contributed by atoms with E-state index in [2.05, 4.69) is 5.32 Å². The molecule has 0 saturated carbocycles. The summed E-state index contributed by atoms with van der Waals surface area (Å²) in [6.45, 7) is 1.78. The fraction of sp³-hybridized carbons (Fsp3) is 0.231. The summed E-state index contributed by atoms with van der Waals surface area (Å²) in [5.41, 5.74) is 1.62. The van der Waals surface area contributed by atoms with Gasteiger partial charge in [-0.1, -0.05) is 66.7 Å². The van der Waals surface area contributed by atoms with Crippen LogP contribution < -0.4 is 10.1 Å². The first-order chi connectivity index (χ1) is 16.0. The van der Waals surface area contributed by atoms with E-state index in [-0.39, 0.29) is 35.1 Å². The molecule has 0 bridgehead atoms. The number of aldehydes is 1. The molecule has 3 rings (SSSR count). The second kappa shape index (κ2) is 11.6. The van der Waals surface area contributed by atoms with Gasteiger partial charge >= 0.3 is 5.69 Å². The van der Waals surface area contributed by atoms with E-state index in [0.29, 0.717) is 25.5 Å². The van der Waals surface area contributed by atoms with Gasteiger partial charge in [-0.25, -0.2) is 0 Å². The van der Waals surface area contributed by atoms with Gasteiger partial charge in [-0.2, -0.15) is 0 Å². The van der Waals surface area contributed by atoms with Gasteiger partial charge in [0.05, 0.1) is 22.6 Å². The Morgan fingerprint density at radius 1 is 1.00 bits per heavy atom. The number of nitro groups is 1. The van der Waals surface area contributed by atoms with Crippen molar-refractivity contribution < 1.29 is 19.2 Å². The van der Waals surface area contributed by atoms with Gasteiger partial charge in [0.25, 0.3) is 0 Å². The van der Waals surface area contributed by atoms with E-state index in [1.807, 2.05) is 60.7 Å². The van der Waals surface area contributed by atoms with Gasteiger partial charge in [0, 0.05) is 6.42 Å². The summed E-state index contributed by atoms with van der Waals surface area (Å²) in [6.07, 6.45) is 1.44. The van der Waals surface area contributed by atoms with Crippen molar-refractivity contribution in [2.75, 3.05) is 0 Å². The van der Waals surface area contributed by atoms with Crippen molar-refractivity contribution in [1.82, 2.24) is 5.32 Å². The zero-order valence-electron chi connectivity index (χ0n) is 18.3. The largest absolute Gasteiger partial charge is 0.484 e. The van der Waals surface area contributed by atoms with Gasteiger partial charge in [-0.15, -0.1) is 0 Å². The van der Waals surface area contributed by atoms with Crippen LogP contribution in [0.1, 0.15) is 53.7 Å². The van der Waals surface area contributed by atoms with Gasteiger partial charge in [0.15, 0.2) is 12.0 Å². The molecule has 1 N–H and O–H groups in total. The molecule has 0 aliphatic rings. The van der Waals surface area contributed by atoms with Gasteiger partial charge in [-0.05, 0) is 43.0 Å². The van der Waals surface area contributed by atoms with Crippen LogP contribution in [-0.4, -0.2) is 23.2 Å². The van der Waals surface area contributed by atoms with Crippen LogP contribution >= 0.6 is 0 Å². The maximum Gasteiger partial charge on any atom is 0.321 e. The molecule has 7 heteroatoms. The van der Waals surface area contributed by atoms with E-state index < -0.39 is 4.92 Å². The van der Waals surface area contributed by atoms with Crippen LogP contribution in [0, 0.1) is 10.1 Å². The zero-order chi connectivity index (χ0) is 23.6. The molecule has 1 unspecified atom stereocenters. The van der Waals surface area contributed by atoms with Crippen LogP contribution in [0.5, 0.6) is 5.75 Å². The number of hydrogen-bond donors (Lipinski definition) is 1. The molecule has 0 aromatic heterocycles. The Morgan fingerprint density at radius 3 is 2.15 bits per heavy atom. The summed E-state index contributed by atoms with van der Waals surface area (Å²) in [6, 6.07) is 23.7. The van der Waals surface area contributed by atoms with Gasteiger partial charge < -0.3 is 10.1 Å². The fourth-order valence-corrected chi connectivity index (χ4v) is 3.63. The van der Waals surface area contributed by atoms with Crippen molar-refractivity contribution in [2.24, 2.45) is 0 Å². The Morgan fingerprint density at radius 2 is 1.61 bits per heavy atom. The van der Waals surface area contributed by atoms with Crippen molar-refractivity contribution >= 4 is 17.9 Å². The lowest BCUT2D eigenvalue weighted by atomic mass is 9.98. The standard InChI is InChI=1S/C26H26N2O5/c1-19(33-23-16-9-15-22(18-29)26(23)28(31)32)10-8-17-24(30)27-25(20-11-4-2-5-12-20)21-13-6-3-7-14-21/h2-7,9,11-16,18-19,25H,8,10,17H2,1H3,(H,27,30). The van der Waals surface area contributed by atoms with Crippen LogP contribution in [0.15, 0.2) is 78.9 Å². The molecule has 0 saturated heterocycles. The van der Waals surface area contributed by atoms with E-state index in [9.17, 15) is 19.7 Å². The summed E-state index contributed by atoms with van der Waals surface area (Å²) in [4.78, 5) is 34.5. The Labute approximate surface area is 192 Å². The minimum absolute atomic E-state index is 0.0306. The van der Waals surface area contributed by atoms with Crippen LogP contribution in [-0.2, 0) is 4.79 Å². The third-order valence-corrected chi connectivity index (χ3v) is 5.25. The Balaban J connectivity index is 1.57. The number of carbonyl (C=O) groups excluding carboxylic acids is 2. The first kappa shape index (κ1) is 23.7. The second-order valence-corrected chi connectivity index (χ2v) is 7.71. The molecule has 33 heavy (non-hydrogen) atoms. The second-order valence-electron chi connectivity index (χ2n) is 7.71. The van der Waals surface area contributed by atoms with E-state index in [0.717, 1.165) is 11.1 Å². The number of rotatable bonds is 11. The monoisotopic (exact) mass is 446 g/mol. The predicted octanol–water partition coefficient (Wildman–Crippen LogP) is 5.25. The number of hydrogen-bond acceptors (Lipinski definition) is 5. The van der Waals surface area contributed by atoms with Gasteiger partial charge in [0.1, 0.15) is 0 Å². The zero-order valence-corrected chi connectivity index (χ0v) is 18.3. The fourth-order valence-electron chi connectivity index (χ4n) is 3.63. The highest BCUT2D eigenvalue weighted by Gasteiger charge is 2.22.